The summed E-state index contributed by atoms with van der Waals surface area (Å²) in [6.45, 7) is 4.39. The highest BCUT2D eigenvalue weighted by Crippen LogP contribution is 2.55. The molecule has 1 amide bonds. The van der Waals surface area contributed by atoms with Crippen molar-refractivity contribution in [2.24, 2.45) is 5.92 Å². The maximum atomic E-state index is 13.4. The van der Waals surface area contributed by atoms with Crippen molar-refractivity contribution in [3.05, 3.63) is 42.2 Å². The van der Waals surface area contributed by atoms with Crippen LogP contribution in [-0.4, -0.2) is 80.9 Å². The van der Waals surface area contributed by atoms with E-state index in [0.717, 1.165) is 78.4 Å². The Balaban J connectivity index is 1.37. The molecule has 3 aliphatic rings. The summed E-state index contributed by atoms with van der Waals surface area (Å²) in [5.41, 5.74) is 4.22. The number of piperidine rings is 1. The number of hydrogen-bond donors (Lipinski definition) is 1. The molecule has 2 fully saturated rings. The van der Waals surface area contributed by atoms with E-state index in [4.69, 9.17) is 4.74 Å². The monoisotopic (exact) mass is 592 g/mol. The van der Waals surface area contributed by atoms with E-state index < -0.39 is 15.6 Å². The molecular weight excluding hydrogens is 552 g/mol. The van der Waals surface area contributed by atoms with Crippen molar-refractivity contribution < 1.29 is 17.9 Å². The highest BCUT2D eigenvalue weighted by Gasteiger charge is 2.54. The maximum Gasteiger partial charge on any atom is 0.301 e. The fraction of sp³-hybridized carbons (Fsp3) is 0.516. The number of ether oxygens (including phenoxy) is 1. The van der Waals surface area contributed by atoms with Crippen molar-refractivity contribution in [3.63, 3.8) is 0 Å². The molecule has 1 spiro atoms. The Morgan fingerprint density at radius 3 is 2.55 bits per heavy atom. The molecule has 224 valence electrons. The summed E-state index contributed by atoms with van der Waals surface area (Å²) in [5, 5.41) is 0.955. The third-order valence-electron chi connectivity index (χ3n) is 9.10. The predicted molar refractivity (Wildman–Crippen MR) is 165 cm³/mol. The number of carbonyl (C=O) groups is 1. The minimum atomic E-state index is -3.79. The first-order valence-electron chi connectivity index (χ1n) is 14.9. The van der Waals surface area contributed by atoms with Gasteiger partial charge in [0.25, 0.3) is 0 Å². The third-order valence-corrected chi connectivity index (χ3v) is 10.6. The fourth-order valence-electron chi connectivity index (χ4n) is 6.43. The molecule has 0 atom stereocenters. The Morgan fingerprint density at radius 2 is 1.86 bits per heavy atom. The highest BCUT2D eigenvalue weighted by molar-refractivity contribution is 7.90. The highest BCUT2D eigenvalue weighted by atomic mass is 32.2. The zero-order valence-corrected chi connectivity index (χ0v) is 25.7. The average Bonchev–Trinajstić information content (AvgIpc) is 3.18. The number of benzene rings is 1. The van der Waals surface area contributed by atoms with Gasteiger partial charge in [-0.25, -0.2) is 4.98 Å². The average molecular weight is 593 g/mol. The smallest absolute Gasteiger partial charge is 0.301 e. The molecule has 6 rings (SSSR count). The van der Waals surface area contributed by atoms with Gasteiger partial charge in [0, 0.05) is 49.4 Å². The molecule has 0 radical (unpaired) electrons. The molecule has 11 heteroatoms. The van der Waals surface area contributed by atoms with Crippen LogP contribution >= 0.6 is 0 Å². The predicted octanol–water partition coefficient (Wildman–Crippen LogP) is 4.41. The van der Waals surface area contributed by atoms with Crippen molar-refractivity contribution in [3.8, 4) is 17.0 Å². The van der Waals surface area contributed by atoms with Crippen LogP contribution in [0.2, 0.25) is 0 Å². The lowest BCUT2D eigenvalue weighted by Crippen LogP contribution is -2.43. The van der Waals surface area contributed by atoms with Crippen molar-refractivity contribution >= 4 is 38.4 Å². The summed E-state index contributed by atoms with van der Waals surface area (Å²) in [7, 11) is 2.04. The van der Waals surface area contributed by atoms with Gasteiger partial charge in [-0.1, -0.05) is 19.4 Å². The summed E-state index contributed by atoms with van der Waals surface area (Å²) in [6, 6.07) is 7.79. The second-order valence-electron chi connectivity index (χ2n) is 12.3. The van der Waals surface area contributed by atoms with Crippen LogP contribution in [0.4, 0.5) is 11.4 Å². The summed E-state index contributed by atoms with van der Waals surface area (Å²) in [5.74, 6) is 0.912. The first kappa shape index (κ1) is 28.8. The van der Waals surface area contributed by atoms with Crippen LogP contribution in [0.5, 0.6) is 5.88 Å². The molecule has 0 unspecified atom stereocenters. The number of likely N-dealkylation sites (N-methyl/N-ethyl adjacent to an activating group) is 1. The van der Waals surface area contributed by atoms with E-state index in [0.29, 0.717) is 31.3 Å². The summed E-state index contributed by atoms with van der Waals surface area (Å²) < 4.78 is 37.2. The Kier molecular flexibility index (Phi) is 7.61. The van der Waals surface area contributed by atoms with Gasteiger partial charge in [0.15, 0.2) is 0 Å². The minimum absolute atomic E-state index is 0.143. The van der Waals surface area contributed by atoms with Gasteiger partial charge in [-0.2, -0.15) is 12.7 Å². The first-order valence-corrected chi connectivity index (χ1v) is 16.3. The third kappa shape index (κ3) is 5.11. The molecule has 3 aromatic rings. The molecule has 2 aromatic heterocycles. The van der Waals surface area contributed by atoms with E-state index in [9.17, 15) is 13.2 Å². The van der Waals surface area contributed by atoms with Crippen LogP contribution < -0.4 is 14.4 Å². The topological polar surface area (TPSA) is 108 Å². The lowest BCUT2D eigenvalue weighted by atomic mass is 9.64. The molecule has 1 N–H and O–H groups in total. The number of anilines is 2. The lowest BCUT2D eigenvalue weighted by molar-refractivity contribution is -0.125. The molecule has 1 saturated carbocycles. The number of hydrogen-bond acceptors (Lipinski definition) is 7. The number of aromatic nitrogens is 2. The van der Waals surface area contributed by atoms with Crippen LogP contribution in [0, 0.1) is 5.92 Å². The number of amides is 1. The van der Waals surface area contributed by atoms with Crippen LogP contribution in [0.25, 0.3) is 22.0 Å². The van der Waals surface area contributed by atoms with Gasteiger partial charge >= 0.3 is 10.2 Å². The Hall–Kier alpha value is -3.28. The van der Waals surface area contributed by atoms with Gasteiger partial charge in [0.1, 0.15) is 5.69 Å². The maximum absolute atomic E-state index is 13.4. The number of fused-ring (bicyclic) bond motifs is 4. The standard InChI is InChI=1S/C31H40N6O4S/c1-21-9-14-37(15-10-21)42(39,40)34-26-18-23(19-33-29(26)41-16-6-13-35(2)3)22-7-8-25-24(17-22)28-27(20-32-25)36(4)30(38)31(28)11-5-12-31/h7-8,17-21,34H,5-6,9-16H2,1-4H3. The lowest BCUT2D eigenvalue weighted by Gasteiger charge is -2.37. The van der Waals surface area contributed by atoms with Gasteiger partial charge in [-0.15, -0.1) is 0 Å². The molecule has 1 aliphatic carbocycles. The molecular formula is C31H40N6O4S. The zero-order chi connectivity index (χ0) is 29.6. The van der Waals surface area contributed by atoms with Gasteiger partial charge in [0.05, 0.1) is 29.4 Å². The Labute approximate surface area is 248 Å². The van der Waals surface area contributed by atoms with Gasteiger partial charge < -0.3 is 14.5 Å². The molecule has 0 bridgehead atoms. The normalized spacial score (nSPS) is 19.0. The second kappa shape index (κ2) is 11.1. The molecule has 1 saturated heterocycles. The Bertz CT molecular complexity index is 1610. The largest absolute Gasteiger partial charge is 0.476 e. The second-order valence-corrected chi connectivity index (χ2v) is 14.0. The number of nitrogens with one attached hydrogen (secondary N) is 1. The van der Waals surface area contributed by atoms with Gasteiger partial charge in [-0.3, -0.25) is 14.5 Å². The van der Waals surface area contributed by atoms with Gasteiger partial charge in [-0.05, 0) is 75.9 Å². The van der Waals surface area contributed by atoms with Crippen LogP contribution in [-0.2, 0) is 20.4 Å². The quantitative estimate of drug-likeness (QED) is 0.367. The summed E-state index contributed by atoms with van der Waals surface area (Å²) >= 11 is 0. The summed E-state index contributed by atoms with van der Waals surface area (Å²) in [4.78, 5) is 26.3. The molecule has 4 heterocycles. The van der Waals surface area contributed by atoms with E-state index in [1.807, 2.05) is 33.3 Å². The molecule has 1 aromatic carbocycles. The zero-order valence-electron chi connectivity index (χ0n) is 24.9. The molecule has 42 heavy (non-hydrogen) atoms. The van der Waals surface area contributed by atoms with E-state index in [1.54, 1.807) is 23.4 Å². The summed E-state index contributed by atoms with van der Waals surface area (Å²) in [6.07, 6.45) is 8.69. The van der Waals surface area contributed by atoms with E-state index in [-0.39, 0.29) is 11.8 Å². The van der Waals surface area contributed by atoms with E-state index in [1.165, 1.54) is 4.31 Å². The van der Waals surface area contributed by atoms with Crippen molar-refractivity contribution in [2.45, 2.75) is 50.9 Å². The molecule has 2 aliphatic heterocycles. The molecule has 10 nitrogen and oxygen atoms in total. The first-order chi connectivity index (χ1) is 20.1. The van der Waals surface area contributed by atoms with E-state index >= 15 is 0 Å². The van der Waals surface area contributed by atoms with Gasteiger partial charge in [0.2, 0.25) is 11.8 Å². The fourth-order valence-corrected chi connectivity index (χ4v) is 7.67. The number of pyridine rings is 2. The van der Waals surface area contributed by atoms with Crippen molar-refractivity contribution in [1.29, 1.82) is 0 Å². The minimum Gasteiger partial charge on any atom is -0.476 e. The van der Waals surface area contributed by atoms with E-state index in [2.05, 4.69) is 32.6 Å². The SMILES string of the molecule is CC1CCN(S(=O)(=O)Nc2cc(-c3ccc4ncc5c(c4c3)C3(CCC3)C(=O)N5C)cnc2OCCCN(C)C)CC1. The van der Waals surface area contributed by atoms with Crippen LogP contribution in [0.3, 0.4) is 0 Å². The number of rotatable bonds is 9. The van der Waals surface area contributed by atoms with Crippen molar-refractivity contribution in [2.75, 3.05) is 57.0 Å². The Morgan fingerprint density at radius 1 is 1.10 bits per heavy atom. The van der Waals surface area contributed by atoms with Crippen LogP contribution in [0.15, 0.2) is 36.7 Å². The number of carbonyl (C=O) groups excluding carboxylic acids is 1. The van der Waals surface area contributed by atoms with Crippen molar-refractivity contribution in [1.82, 2.24) is 19.2 Å². The number of nitrogens with zero attached hydrogens (tertiary/aromatic N) is 5. The van der Waals surface area contributed by atoms with Crippen LogP contribution in [0.1, 0.15) is 51.0 Å².